The highest BCUT2D eigenvalue weighted by Crippen LogP contribution is 2.17. The second kappa shape index (κ2) is 4.46. The molecule has 83 valence electrons. The van der Waals surface area contributed by atoms with Gasteiger partial charge in [-0.25, -0.2) is 0 Å². The topological polar surface area (TPSA) is 15.8 Å². The van der Waals surface area contributed by atoms with E-state index in [0.717, 1.165) is 6.42 Å². The fraction of sp³-hybridized carbons (Fsp3) is 0.0625. The number of para-hydroxylation sites is 1. The molecule has 1 N–H and O–H groups in total. The summed E-state index contributed by atoms with van der Waals surface area (Å²) in [5.41, 5.74) is 3.73. The van der Waals surface area contributed by atoms with Gasteiger partial charge in [0, 0.05) is 17.6 Å². The molecular formula is C16H14N. The monoisotopic (exact) mass is 220 g/mol. The lowest BCUT2D eigenvalue weighted by molar-refractivity contribution is 1.13. The van der Waals surface area contributed by atoms with Crippen molar-refractivity contribution in [3.63, 3.8) is 0 Å². The van der Waals surface area contributed by atoms with Crippen LogP contribution in [-0.2, 0) is 6.42 Å². The molecule has 1 nitrogen and oxygen atoms in total. The predicted octanol–water partition coefficient (Wildman–Crippen LogP) is 3.96. The van der Waals surface area contributed by atoms with Gasteiger partial charge in [0.1, 0.15) is 0 Å². The van der Waals surface area contributed by atoms with E-state index >= 15 is 0 Å². The molecule has 0 saturated heterocycles. The summed E-state index contributed by atoms with van der Waals surface area (Å²) in [7, 11) is 0. The first kappa shape index (κ1) is 10.2. The van der Waals surface area contributed by atoms with Crippen molar-refractivity contribution in [3.8, 4) is 0 Å². The van der Waals surface area contributed by atoms with Gasteiger partial charge in [-0.05, 0) is 29.5 Å². The average Bonchev–Trinajstić information content (AvgIpc) is 2.80. The third-order valence-corrected chi connectivity index (χ3v) is 2.95. The quantitative estimate of drug-likeness (QED) is 0.687. The van der Waals surface area contributed by atoms with Crippen molar-refractivity contribution in [2.75, 3.05) is 0 Å². The number of aromatic amines is 1. The number of H-pyrrole nitrogens is 1. The molecule has 3 aromatic rings. The van der Waals surface area contributed by atoms with Gasteiger partial charge in [0.25, 0.3) is 0 Å². The Bertz CT molecular complexity index is 575. The maximum Gasteiger partial charge on any atom is 0.0456 e. The molecule has 2 aromatic carbocycles. The Morgan fingerprint density at radius 1 is 0.882 bits per heavy atom. The summed E-state index contributed by atoms with van der Waals surface area (Å²) in [5, 5.41) is 1.27. The minimum absolute atomic E-state index is 0.966. The summed E-state index contributed by atoms with van der Waals surface area (Å²) in [6, 6.07) is 21.1. The highest BCUT2D eigenvalue weighted by atomic mass is 14.7. The van der Waals surface area contributed by atoms with E-state index in [-0.39, 0.29) is 0 Å². The number of hydrogen-bond acceptors (Lipinski definition) is 0. The number of rotatable bonds is 3. The number of nitrogens with one attached hydrogen (secondary N) is 1. The van der Waals surface area contributed by atoms with Crippen molar-refractivity contribution in [2.45, 2.75) is 6.42 Å². The SMILES string of the molecule is [CH](Cc1ccccc1)c1cc2ccccc2[nH]1. The second-order valence-electron chi connectivity index (χ2n) is 4.21. The van der Waals surface area contributed by atoms with E-state index in [1.165, 1.54) is 22.2 Å². The molecule has 0 fully saturated rings. The minimum atomic E-state index is 0.966. The van der Waals surface area contributed by atoms with Crippen LogP contribution in [0.25, 0.3) is 10.9 Å². The summed E-state index contributed by atoms with van der Waals surface area (Å²) in [4.78, 5) is 3.41. The largest absolute Gasteiger partial charge is 0.358 e. The molecule has 1 heterocycles. The molecule has 0 atom stereocenters. The third-order valence-electron chi connectivity index (χ3n) is 2.95. The van der Waals surface area contributed by atoms with Crippen LogP contribution in [0, 0.1) is 6.42 Å². The Hall–Kier alpha value is -2.02. The van der Waals surface area contributed by atoms with Crippen LogP contribution in [0.1, 0.15) is 11.3 Å². The van der Waals surface area contributed by atoms with Gasteiger partial charge >= 0.3 is 0 Å². The molecule has 17 heavy (non-hydrogen) atoms. The van der Waals surface area contributed by atoms with Gasteiger partial charge in [-0.1, -0.05) is 48.5 Å². The van der Waals surface area contributed by atoms with Crippen LogP contribution in [0.4, 0.5) is 0 Å². The van der Waals surface area contributed by atoms with Crippen LogP contribution in [0.3, 0.4) is 0 Å². The molecular weight excluding hydrogens is 206 g/mol. The minimum Gasteiger partial charge on any atom is -0.358 e. The molecule has 1 aromatic heterocycles. The third kappa shape index (κ3) is 2.23. The highest BCUT2D eigenvalue weighted by Gasteiger charge is 2.00. The molecule has 1 heteroatoms. The Labute approximate surface area is 101 Å². The first-order valence-electron chi connectivity index (χ1n) is 5.87. The van der Waals surface area contributed by atoms with E-state index in [1.807, 2.05) is 6.07 Å². The zero-order chi connectivity index (χ0) is 11.5. The van der Waals surface area contributed by atoms with Crippen molar-refractivity contribution in [1.29, 1.82) is 0 Å². The molecule has 0 amide bonds. The summed E-state index contributed by atoms with van der Waals surface area (Å²) in [6.45, 7) is 0. The summed E-state index contributed by atoms with van der Waals surface area (Å²) >= 11 is 0. The Morgan fingerprint density at radius 3 is 2.47 bits per heavy atom. The normalized spacial score (nSPS) is 10.8. The van der Waals surface area contributed by atoms with Gasteiger partial charge in [-0.15, -0.1) is 0 Å². The molecule has 0 spiro atoms. The Kier molecular flexibility index (Phi) is 2.66. The molecule has 0 saturated carbocycles. The lowest BCUT2D eigenvalue weighted by Gasteiger charge is -1.98. The standard InChI is InChI=1S/C16H14N/c1-2-6-13(7-3-1)10-11-15-12-14-8-4-5-9-16(14)17-15/h1-9,11-12,17H,10H2. The molecule has 0 aliphatic carbocycles. The summed E-state index contributed by atoms with van der Waals surface area (Å²) < 4.78 is 0. The molecule has 3 rings (SSSR count). The van der Waals surface area contributed by atoms with Crippen LogP contribution < -0.4 is 0 Å². The van der Waals surface area contributed by atoms with Crippen molar-refractivity contribution in [1.82, 2.24) is 4.98 Å². The van der Waals surface area contributed by atoms with E-state index < -0.39 is 0 Å². The van der Waals surface area contributed by atoms with E-state index in [0.29, 0.717) is 0 Å². The summed E-state index contributed by atoms with van der Waals surface area (Å²) in [6.07, 6.45) is 3.20. The lowest BCUT2D eigenvalue weighted by atomic mass is 10.1. The van der Waals surface area contributed by atoms with Crippen LogP contribution >= 0.6 is 0 Å². The first-order valence-corrected chi connectivity index (χ1v) is 5.87. The maximum absolute atomic E-state index is 3.41. The highest BCUT2D eigenvalue weighted by molar-refractivity contribution is 5.80. The number of benzene rings is 2. The van der Waals surface area contributed by atoms with Gasteiger partial charge in [-0.3, -0.25) is 0 Å². The smallest absolute Gasteiger partial charge is 0.0456 e. The maximum atomic E-state index is 3.41. The lowest BCUT2D eigenvalue weighted by Crippen LogP contribution is -1.87. The van der Waals surface area contributed by atoms with Gasteiger partial charge < -0.3 is 4.98 Å². The Morgan fingerprint density at radius 2 is 1.65 bits per heavy atom. The number of hydrogen-bond donors (Lipinski definition) is 1. The fourth-order valence-corrected chi connectivity index (χ4v) is 2.05. The van der Waals surface area contributed by atoms with Crippen molar-refractivity contribution in [3.05, 3.63) is 78.3 Å². The first-order chi connectivity index (χ1) is 8.42. The average molecular weight is 220 g/mol. The zero-order valence-corrected chi connectivity index (χ0v) is 9.56. The van der Waals surface area contributed by atoms with Gasteiger partial charge in [0.2, 0.25) is 0 Å². The summed E-state index contributed by atoms with van der Waals surface area (Å²) in [5.74, 6) is 0. The van der Waals surface area contributed by atoms with Crippen LogP contribution in [0.2, 0.25) is 0 Å². The van der Waals surface area contributed by atoms with Gasteiger partial charge in [-0.2, -0.15) is 0 Å². The zero-order valence-electron chi connectivity index (χ0n) is 9.56. The van der Waals surface area contributed by atoms with Gasteiger partial charge in [0.15, 0.2) is 0 Å². The van der Waals surface area contributed by atoms with Crippen molar-refractivity contribution < 1.29 is 0 Å². The van der Waals surface area contributed by atoms with Crippen LogP contribution in [-0.4, -0.2) is 4.98 Å². The second-order valence-corrected chi connectivity index (χ2v) is 4.21. The van der Waals surface area contributed by atoms with Crippen molar-refractivity contribution in [2.24, 2.45) is 0 Å². The van der Waals surface area contributed by atoms with E-state index in [9.17, 15) is 0 Å². The molecule has 1 radical (unpaired) electrons. The van der Waals surface area contributed by atoms with Crippen molar-refractivity contribution >= 4 is 10.9 Å². The molecule has 0 unspecified atom stereocenters. The molecule has 0 aliphatic heterocycles. The van der Waals surface area contributed by atoms with Crippen LogP contribution in [0.15, 0.2) is 60.7 Å². The predicted molar refractivity (Wildman–Crippen MR) is 71.8 cm³/mol. The van der Waals surface area contributed by atoms with Gasteiger partial charge in [0.05, 0.1) is 0 Å². The van der Waals surface area contributed by atoms with E-state index in [4.69, 9.17) is 0 Å². The van der Waals surface area contributed by atoms with E-state index in [1.54, 1.807) is 0 Å². The molecule has 0 bridgehead atoms. The number of fused-ring (bicyclic) bond motifs is 1. The Balaban J connectivity index is 1.77. The van der Waals surface area contributed by atoms with E-state index in [2.05, 4.69) is 66.0 Å². The number of aromatic nitrogens is 1. The fourth-order valence-electron chi connectivity index (χ4n) is 2.05. The molecule has 0 aliphatic rings. The van der Waals surface area contributed by atoms with Crippen LogP contribution in [0.5, 0.6) is 0 Å².